The maximum Gasteiger partial charge on any atom is 0.259 e. The van der Waals surface area contributed by atoms with E-state index in [1.807, 2.05) is 194 Å². The standard InChI is InChI=1S/C30H23N3O3.C29H28N4O.C28H26N4O2/c34-30(33-23-15-19-27(20-16-23)36-25-10-5-2-6-11-25)28-12-7-21-31-29(28)32-22-13-17-26(18-14-22)35-24-8-3-1-4-9-24;1-29(2)19-31-26-18-23(14-15-25(26)29)33-28(34)24-9-6-16-30-27(24)32-22-12-10-21(11-13-22)17-20-7-4-3-5-8-20;1-28(2)18-30-25-17-20(12-15-24(25)28)32-27(33)23-9-6-16-29-26(23)31-19-10-13-22(14-11-19)34-21-7-4-3-5-8-21/h1-21H,(H,31,32)(H,33,34);3-16,18,31H,17,19H2,1-2H3,(H,30,32)(H,33,34);3-17,30H,18H2,1-2H3,(H,29,31)(H,32,33). The lowest BCUT2D eigenvalue weighted by Crippen LogP contribution is -2.18. The number of anilines is 11. The van der Waals surface area contributed by atoms with E-state index in [2.05, 4.69) is 134 Å². The van der Waals surface area contributed by atoms with Crippen LogP contribution in [0.5, 0.6) is 34.5 Å². The largest absolute Gasteiger partial charge is 0.457 e. The summed E-state index contributed by atoms with van der Waals surface area (Å²) < 4.78 is 17.5. The number of pyridine rings is 3. The van der Waals surface area contributed by atoms with Crippen molar-refractivity contribution in [2.45, 2.75) is 44.9 Å². The van der Waals surface area contributed by atoms with E-state index in [0.29, 0.717) is 51.3 Å². The molecule has 0 atom stereocenters. The van der Waals surface area contributed by atoms with Crippen LogP contribution in [0.15, 0.2) is 310 Å². The van der Waals surface area contributed by atoms with Gasteiger partial charge >= 0.3 is 0 Å². The second-order valence-corrected chi connectivity index (χ2v) is 26.1. The zero-order valence-corrected chi connectivity index (χ0v) is 57.9. The summed E-state index contributed by atoms with van der Waals surface area (Å²) in [7, 11) is 0. The molecule has 5 heterocycles. The van der Waals surface area contributed by atoms with Crippen LogP contribution in [0.25, 0.3) is 0 Å². The van der Waals surface area contributed by atoms with Gasteiger partial charge in [0.1, 0.15) is 52.0 Å². The molecular weight excluding hydrogens is 1300 g/mol. The number of nitrogens with one attached hydrogen (secondary N) is 8. The third kappa shape index (κ3) is 18.1. The number of rotatable bonds is 20. The summed E-state index contributed by atoms with van der Waals surface area (Å²) in [4.78, 5) is 52.4. The highest BCUT2D eigenvalue weighted by atomic mass is 16.5. The Bertz CT molecular complexity index is 4860. The molecule has 3 aromatic heterocycles. The fourth-order valence-corrected chi connectivity index (χ4v) is 11.8. The Balaban J connectivity index is 0.000000139. The maximum absolute atomic E-state index is 13.1. The molecule has 2 aliphatic rings. The van der Waals surface area contributed by atoms with Gasteiger partial charge in [-0.25, -0.2) is 15.0 Å². The summed E-state index contributed by atoms with van der Waals surface area (Å²) in [5, 5.41) is 25.5. The number of carbonyl (C=O) groups is 3. The predicted molar refractivity (Wildman–Crippen MR) is 417 cm³/mol. The van der Waals surface area contributed by atoms with Gasteiger partial charge in [0, 0.05) is 88.0 Å². The van der Waals surface area contributed by atoms with Gasteiger partial charge in [0.15, 0.2) is 0 Å². The van der Waals surface area contributed by atoms with Crippen molar-refractivity contribution in [1.29, 1.82) is 0 Å². The number of fused-ring (bicyclic) bond motifs is 2. The number of hydrogen-bond acceptors (Lipinski definition) is 14. The van der Waals surface area contributed by atoms with E-state index >= 15 is 0 Å². The van der Waals surface area contributed by atoms with Crippen LogP contribution >= 0.6 is 0 Å². The van der Waals surface area contributed by atoms with Gasteiger partial charge < -0.3 is 56.7 Å². The van der Waals surface area contributed by atoms with E-state index in [1.54, 1.807) is 67.1 Å². The molecule has 10 aromatic carbocycles. The van der Waals surface area contributed by atoms with Gasteiger partial charge in [0.05, 0.1) is 16.7 Å². The average molecular weight is 1370 g/mol. The molecule has 0 saturated heterocycles. The molecule has 0 radical (unpaired) electrons. The van der Waals surface area contributed by atoms with Crippen LogP contribution in [0.1, 0.15) is 81.0 Å². The lowest BCUT2D eigenvalue weighted by Gasteiger charge is -2.17. The zero-order valence-electron chi connectivity index (χ0n) is 57.9. The van der Waals surface area contributed by atoms with Crippen LogP contribution < -0.4 is 56.7 Å². The molecule has 104 heavy (non-hydrogen) atoms. The molecule has 516 valence electrons. The Hall–Kier alpha value is -13.5. The topological polar surface area (TPSA) is 214 Å². The number of hydrogen-bond donors (Lipinski definition) is 8. The number of carbonyl (C=O) groups excluding carboxylic acids is 3. The SMILES string of the molecule is CC1(C)CNc2cc(NC(=O)c3cccnc3Nc3ccc(Cc4ccccc4)cc3)ccc21.CC1(C)CNc2cc(NC(=O)c3cccnc3Nc3ccc(Oc4ccccc4)cc3)ccc21.O=C(Nc1ccc(Oc2ccccc2)cc1)c1cccnc1Nc1ccc(Oc2ccccc2)cc1. The van der Waals surface area contributed by atoms with Crippen LogP contribution in [0.4, 0.5) is 63.0 Å². The number of amides is 3. The highest BCUT2D eigenvalue weighted by molar-refractivity contribution is 6.09. The molecule has 0 spiro atoms. The van der Waals surface area contributed by atoms with Gasteiger partial charge in [0.25, 0.3) is 17.7 Å². The molecule has 0 aliphatic carbocycles. The summed E-state index contributed by atoms with van der Waals surface area (Å²) >= 11 is 0. The summed E-state index contributed by atoms with van der Waals surface area (Å²) in [6.45, 7) is 10.6. The molecule has 0 bridgehead atoms. The highest BCUT2D eigenvalue weighted by Gasteiger charge is 2.31. The summed E-state index contributed by atoms with van der Waals surface area (Å²) in [6.07, 6.45) is 5.87. The predicted octanol–water partition coefficient (Wildman–Crippen LogP) is 20.6. The molecule has 17 heteroatoms. The molecule has 0 unspecified atom stereocenters. The van der Waals surface area contributed by atoms with Gasteiger partial charge in [-0.1, -0.05) is 137 Å². The van der Waals surface area contributed by atoms with Crippen molar-refractivity contribution in [1.82, 2.24) is 15.0 Å². The summed E-state index contributed by atoms with van der Waals surface area (Å²) in [5.74, 6) is 5.18. The first-order valence-electron chi connectivity index (χ1n) is 34.2. The van der Waals surface area contributed by atoms with Crippen molar-refractivity contribution in [2.24, 2.45) is 0 Å². The lowest BCUT2D eigenvalue weighted by molar-refractivity contribution is 0.101. The van der Waals surface area contributed by atoms with Gasteiger partial charge in [-0.3, -0.25) is 14.4 Å². The van der Waals surface area contributed by atoms with Crippen molar-refractivity contribution in [2.75, 3.05) is 55.6 Å². The third-order valence-electron chi connectivity index (χ3n) is 17.4. The minimum absolute atomic E-state index is 0.0833. The van der Waals surface area contributed by atoms with Crippen LogP contribution in [-0.4, -0.2) is 45.8 Å². The van der Waals surface area contributed by atoms with E-state index in [-0.39, 0.29) is 28.6 Å². The minimum Gasteiger partial charge on any atom is -0.457 e. The number of aromatic nitrogens is 3. The molecule has 2 aliphatic heterocycles. The van der Waals surface area contributed by atoms with Crippen molar-refractivity contribution in [3.63, 3.8) is 0 Å². The highest BCUT2D eigenvalue weighted by Crippen LogP contribution is 2.40. The normalized spacial score (nSPS) is 12.4. The third-order valence-corrected chi connectivity index (χ3v) is 17.4. The molecule has 0 saturated carbocycles. The molecule has 15 rings (SSSR count). The van der Waals surface area contributed by atoms with Gasteiger partial charge in [0.2, 0.25) is 0 Å². The Kier molecular flexibility index (Phi) is 21.3. The van der Waals surface area contributed by atoms with Gasteiger partial charge in [-0.05, 0) is 211 Å². The number of ether oxygens (including phenoxy) is 3. The Morgan fingerprint density at radius 2 is 0.615 bits per heavy atom. The number of para-hydroxylation sites is 3. The number of nitrogens with zero attached hydrogens (tertiary/aromatic N) is 3. The summed E-state index contributed by atoms with van der Waals surface area (Å²) in [6, 6.07) is 92.1. The van der Waals surface area contributed by atoms with Crippen molar-refractivity contribution >= 4 is 80.7 Å². The van der Waals surface area contributed by atoms with Crippen molar-refractivity contribution in [3.05, 3.63) is 349 Å². The van der Waals surface area contributed by atoms with Crippen LogP contribution in [-0.2, 0) is 17.3 Å². The maximum atomic E-state index is 13.1. The lowest BCUT2D eigenvalue weighted by atomic mass is 9.87. The van der Waals surface area contributed by atoms with E-state index in [1.165, 1.54) is 22.3 Å². The van der Waals surface area contributed by atoms with E-state index in [9.17, 15) is 14.4 Å². The molecule has 8 N–H and O–H groups in total. The number of benzene rings is 10. The van der Waals surface area contributed by atoms with Gasteiger partial charge in [-0.15, -0.1) is 0 Å². The molecule has 13 aromatic rings. The molecule has 17 nitrogen and oxygen atoms in total. The smallest absolute Gasteiger partial charge is 0.259 e. The first-order chi connectivity index (χ1) is 50.7. The minimum atomic E-state index is -0.272. The summed E-state index contributed by atoms with van der Waals surface area (Å²) in [5.41, 5.74) is 13.3. The van der Waals surface area contributed by atoms with E-state index in [4.69, 9.17) is 14.2 Å². The molecule has 3 amide bonds. The van der Waals surface area contributed by atoms with E-state index in [0.717, 1.165) is 82.3 Å². The van der Waals surface area contributed by atoms with Crippen molar-refractivity contribution in [3.8, 4) is 34.5 Å². The van der Waals surface area contributed by atoms with Crippen LogP contribution in [0.2, 0.25) is 0 Å². The first kappa shape index (κ1) is 69.0. The Labute approximate surface area is 604 Å². The molecule has 0 fully saturated rings. The fourth-order valence-electron chi connectivity index (χ4n) is 11.8. The first-order valence-corrected chi connectivity index (χ1v) is 34.2. The average Bonchev–Trinajstić information content (AvgIpc) is 1.64. The zero-order chi connectivity index (χ0) is 71.7. The van der Waals surface area contributed by atoms with E-state index < -0.39 is 0 Å². The second-order valence-electron chi connectivity index (χ2n) is 26.1. The molecular formula is C87H77N11O6. The fraction of sp³-hybridized carbons (Fsp3) is 0.103. The Morgan fingerprint density at radius 3 is 0.971 bits per heavy atom. The second kappa shape index (κ2) is 32.2. The van der Waals surface area contributed by atoms with Crippen LogP contribution in [0.3, 0.4) is 0 Å². The van der Waals surface area contributed by atoms with Crippen molar-refractivity contribution < 1.29 is 28.6 Å². The van der Waals surface area contributed by atoms with Crippen LogP contribution in [0, 0.1) is 0 Å². The Morgan fingerprint density at radius 1 is 0.327 bits per heavy atom. The van der Waals surface area contributed by atoms with Gasteiger partial charge in [-0.2, -0.15) is 0 Å². The monoisotopic (exact) mass is 1370 g/mol. The quantitative estimate of drug-likeness (QED) is 0.0357.